The van der Waals surface area contributed by atoms with Crippen molar-refractivity contribution >= 4 is 11.6 Å². The number of nitrogens with zero attached hydrogens (tertiary/aromatic N) is 2. The average Bonchev–Trinajstić information content (AvgIpc) is 3.01. The lowest BCUT2D eigenvalue weighted by Gasteiger charge is -2.12. The first-order chi connectivity index (χ1) is 11.7. The summed E-state index contributed by atoms with van der Waals surface area (Å²) in [7, 11) is 0. The highest BCUT2D eigenvalue weighted by atomic mass is 19.4. The Labute approximate surface area is 142 Å². The zero-order valence-electron chi connectivity index (χ0n) is 13.9. The minimum atomic E-state index is -4.51. The number of benzene rings is 1. The van der Waals surface area contributed by atoms with Crippen LogP contribution in [0.4, 0.5) is 18.9 Å². The van der Waals surface area contributed by atoms with Gasteiger partial charge in [-0.05, 0) is 23.8 Å². The van der Waals surface area contributed by atoms with Gasteiger partial charge in [-0.3, -0.25) is 4.79 Å². The van der Waals surface area contributed by atoms with Gasteiger partial charge in [0.1, 0.15) is 0 Å². The van der Waals surface area contributed by atoms with Gasteiger partial charge in [-0.1, -0.05) is 19.0 Å². The maximum atomic E-state index is 12.9. The van der Waals surface area contributed by atoms with Gasteiger partial charge in [0.15, 0.2) is 5.82 Å². The third-order valence-corrected chi connectivity index (χ3v) is 3.41. The fourth-order valence-corrected chi connectivity index (χ4v) is 2.09. The summed E-state index contributed by atoms with van der Waals surface area (Å²) in [6, 6.07) is 3.25. The molecule has 1 heterocycles. The fraction of sp³-hybridized carbons (Fsp3) is 0.438. The van der Waals surface area contributed by atoms with Crippen molar-refractivity contribution in [1.29, 1.82) is 0 Å². The molecule has 0 saturated carbocycles. The Hall–Kier alpha value is -2.42. The van der Waals surface area contributed by atoms with E-state index >= 15 is 0 Å². The molecule has 25 heavy (non-hydrogen) atoms. The van der Waals surface area contributed by atoms with E-state index < -0.39 is 17.6 Å². The molecule has 0 aliphatic heterocycles. The number of carbonyl (C=O) groups is 1. The Bertz CT molecular complexity index is 741. The molecule has 0 radical (unpaired) electrons. The summed E-state index contributed by atoms with van der Waals surface area (Å²) in [5.41, 5.74) is 4.89. The second kappa shape index (κ2) is 7.64. The Morgan fingerprint density at radius 2 is 2.04 bits per heavy atom. The van der Waals surface area contributed by atoms with Crippen LogP contribution in [0.25, 0.3) is 0 Å². The van der Waals surface area contributed by atoms with Crippen LogP contribution in [0.5, 0.6) is 0 Å². The van der Waals surface area contributed by atoms with Crippen molar-refractivity contribution < 1.29 is 22.5 Å². The van der Waals surface area contributed by atoms with E-state index in [-0.39, 0.29) is 36.6 Å². The van der Waals surface area contributed by atoms with Crippen molar-refractivity contribution in [2.75, 3.05) is 5.32 Å². The van der Waals surface area contributed by atoms with Gasteiger partial charge in [0, 0.05) is 31.0 Å². The monoisotopic (exact) mass is 356 g/mol. The maximum absolute atomic E-state index is 12.9. The van der Waals surface area contributed by atoms with E-state index in [1.54, 1.807) is 0 Å². The van der Waals surface area contributed by atoms with Gasteiger partial charge >= 0.3 is 6.18 Å². The number of halogens is 3. The summed E-state index contributed by atoms with van der Waals surface area (Å²) >= 11 is 0. The molecule has 1 amide bonds. The molecule has 2 rings (SSSR count). The van der Waals surface area contributed by atoms with E-state index in [0.717, 1.165) is 12.1 Å². The predicted molar refractivity (Wildman–Crippen MR) is 84.7 cm³/mol. The quantitative estimate of drug-likeness (QED) is 0.829. The SMILES string of the molecule is CC(C)c1noc(CCC(=O)Nc2cc(CN)cc(C(F)(F)F)c2)n1. The van der Waals surface area contributed by atoms with Crippen molar-refractivity contribution in [1.82, 2.24) is 10.1 Å². The molecule has 0 bridgehead atoms. The predicted octanol–water partition coefficient (Wildman–Crippen LogP) is 3.24. The van der Waals surface area contributed by atoms with Crippen LogP contribution in [0.2, 0.25) is 0 Å². The molecular weight excluding hydrogens is 337 g/mol. The van der Waals surface area contributed by atoms with E-state index in [2.05, 4.69) is 15.5 Å². The van der Waals surface area contributed by atoms with Crippen LogP contribution in [-0.4, -0.2) is 16.0 Å². The normalized spacial score (nSPS) is 11.8. The van der Waals surface area contributed by atoms with Crippen LogP contribution in [0.15, 0.2) is 22.7 Å². The van der Waals surface area contributed by atoms with Gasteiger partial charge in [0.25, 0.3) is 0 Å². The second-order valence-corrected chi connectivity index (χ2v) is 5.87. The molecular formula is C16H19F3N4O2. The Balaban J connectivity index is 2.02. The largest absolute Gasteiger partial charge is 0.416 e. The van der Waals surface area contributed by atoms with Crippen molar-refractivity contribution in [3.8, 4) is 0 Å². The summed E-state index contributed by atoms with van der Waals surface area (Å²) in [6.07, 6.45) is -4.30. The summed E-state index contributed by atoms with van der Waals surface area (Å²) < 4.78 is 43.7. The minimum Gasteiger partial charge on any atom is -0.339 e. The number of nitrogens with one attached hydrogen (secondary N) is 1. The van der Waals surface area contributed by atoms with E-state index in [9.17, 15) is 18.0 Å². The topological polar surface area (TPSA) is 94.0 Å². The van der Waals surface area contributed by atoms with E-state index in [1.165, 1.54) is 6.07 Å². The maximum Gasteiger partial charge on any atom is 0.416 e. The highest BCUT2D eigenvalue weighted by Gasteiger charge is 2.31. The van der Waals surface area contributed by atoms with Crippen LogP contribution < -0.4 is 11.1 Å². The van der Waals surface area contributed by atoms with Crippen LogP contribution >= 0.6 is 0 Å². The molecule has 0 unspecified atom stereocenters. The Morgan fingerprint density at radius 1 is 1.32 bits per heavy atom. The van der Waals surface area contributed by atoms with E-state index in [1.807, 2.05) is 13.8 Å². The Morgan fingerprint density at radius 3 is 2.60 bits per heavy atom. The average molecular weight is 356 g/mol. The lowest BCUT2D eigenvalue weighted by atomic mass is 10.1. The van der Waals surface area contributed by atoms with E-state index in [4.69, 9.17) is 10.3 Å². The first-order valence-electron chi connectivity index (χ1n) is 7.72. The van der Waals surface area contributed by atoms with Gasteiger partial charge in [0.05, 0.1) is 5.56 Å². The number of aromatic nitrogens is 2. The molecule has 1 aromatic heterocycles. The highest BCUT2D eigenvalue weighted by molar-refractivity contribution is 5.91. The lowest BCUT2D eigenvalue weighted by Crippen LogP contribution is -2.15. The van der Waals surface area contributed by atoms with Crippen LogP contribution in [0.1, 0.15) is 49.0 Å². The molecule has 9 heteroatoms. The van der Waals surface area contributed by atoms with Crippen LogP contribution in [0.3, 0.4) is 0 Å². The standard InChI is InChI=1S/C16H19F3N4O2/c1-9(2)15-22-14(25-23-15)4-3-13(24)21-12-6-10(8-20)5-11(7-12)16(17,18)19/h5-7,9H,3-4,8,20H2,1-2H3,(H,21,24). The number of hydrogen-bond acceptors (Lipinski definition) is 5. The summed E-state index contributed by atoms with van der Waals surface area (Å²) in [5.74, 6) is 0.504. The van der Waals surface area contributed by atoms with Crippen LogP contribution in [0, 0.1) is 0 Å². The summed E-state index contributed by atoms with van der Waals surface area (Å²) in [4.78, 5) is 16.1. The minimum absolute atomic E-state index is 0.00787. The highest BCUT2D eigenvalue weighted by Crippen LogP contribution is 2.32. The zero-order valence-corrected chi connectivity index (χ0v) is 13.9. The van der Waals surface area contributed by atoms with Crippen molar-refractivity contribution in [2.45, 2.75) is 45.3 Å². The third-order valence-electron chi connectivity index (χ3n) is 3.41. The number of carbonyl (C=O) groups excluding carboxylic acids is 1. The number of aryl methyl sites for hydroxylation is 1. The molecule has 1 aromatic carbocycles. The number of rotatable bonds is 6. The first kappa shape index (κ1) is 18.9. The number of alkyl halides is 3. The molecule has 0 spiro atoms. The number of hydrogen-bond donors (Lipinski definition) is 2. The van der Waals surface area contributed by atoms with E-state index in [0.29, 0.717) is 11.7 Å². The zero-order chi connectivity index (χ0) is 18.6. The summed E-state index contributed by atoms with van der Waals surface area (Å²) in [5, 5.41) is 6.23. The lowest BCUT2D eigenvalue weighted by molar-refractivity contribution is -0.137. The fourth-order valence-electron chi connectivity index (χ4n) is 2.09. The molecule has 0 aliphatic rings. The van der Waals surface area contributed by atoms with Crippen molar-refractivity contribution in [2.24, 2.45) is 5.73 Å². The molecule has 0 fully saturated rings. The van der Waals surface area contributed by atoms with Gasteiger partial charge in [-0.15, -0.1) is 0 Å². The molecule has 0 saturated heterocycles. The Kier molecular flexibility index (Phi) is 5.78. The molecule has 0 aliphatic carbocycles. The second-order valence-electron chi connectivity index (χ2n) is 5.87. The van der Waals surface area contributed by atoms with Gasteiger partial charge in [-0.25, -0.2) is 0 Å². The smallest absolute Gasteiger partial charge is 0.339 e. The molecule has 0 atom stereocenters. The summed E-state index contributed by atoms with van der Waals surface area (Å²) in [6.45, 7) is 3.75. The van der Waals surface area contributed by atoms with Gasteiger partial charge < -0.3 is 15.6 Å². The van der Waals surface area contributed by atoms with Crippen molar-refractivity contribution in [3.63, 3.8) is 0 Å². The van der Waals surface area contributed by atoms with Crippen LogP contribution in [-0.2, 0) is 23.9 Å². The number of nitrogens with two attached hydrogens (primary N) is 1. The first-order valence-corrected chi connectivity index (χ1v) is 7.72. The van der Waals surface area contributed by atoms with Crippen molar-refractivity contribution in [3.05, 3.63) is 41.0 Å². The molecule has 136 valence electrons. The van der Waals surface area contributed by atoms with Gasteiger partial charge in [0.2, 0.25) is 11.8 Å². The number of amides is 1. The third kappa shape index (κ3) is 5.28. The molecule has 3 N–H and O–H groups in total. The molecule has 6 nitrogen and oxygen atoms in total. The van der Waals surface area contributed by atoms with Gasteiger partial charge in [-0.2, -0.15) is 18.2 Å². The number of anilines is 1. The molecule has 2 aromatic rings.